The van der Waals surface area contributed by atoms with Crippen LogP contribution in [0.15, 0.2) is 89.7 Å². The molecule has 0 spiro atoms. The van der Waals surface area contributed by atoms with Crippen LogP contribution < -0.4 is 10.1 Å². The van der Waals surface area contributed by atoms with Gasteiger partial charge in [0, 0.05) is 34.9 Å². The quantitative estimate of drug-likeness (QED) is 0.160. The third-order valence-corrected chi connectivity index (χ3v) is 7.02. The lowest BCUT2D eigenvalue weighted by atomic mass is 9.99. The number of hydrogen-bond donors (Lipinski definition) is 1. The lowest BCUT2D eigenvalue weighted by molar-refractivity contribution is -0.142. The van der Waals surface area contributed by atoms with Gasteiger partial charge < -0.3 is 23.9 Å². The predicted octanol–water partition coefficient (Wildman–Crippen LogP) is 8.18. The topological polar surface area (TPSA) is 99.9 Å². The fraction of sp³-hybridized carbons (Fsp3) is 0.270. The van der Waals surface area contributed by atoms with Crippen molar-refractivity contribution in [3.63, 3.8) is 0 Å². The maximum atomic E-state index is 12.4. The SMILES string of the molecule is CCOC(=O)Cc1ccc(-c2ccnc(C)c2)cc1OCc1cc(-c2cccc(CNC(=O)OC(C)(C)C)c2)c2occc2c1. The Morgan fingerprint density at radius 1 is 0.911 bits per heavy atom. The number of aromatic nitrogens is 1. The second-order valence-electron chi connectivity index (χ2n) is 11.8. The molecule has 0 atom stereocenters. The monoisotopic (exact) mass is 606 g/mol. The van der Waals surface area contributed by atoms with Gasteiger partial charge in [-0.1, -0.05) is 30.3 Å². The highest BCUT2D eigenvalue weighted by molar-refractivity contribution is 5.93. The molecule has 0 aliphatic carbocycles. The predicted molar refractivity (Wildman–Crippen MR) is 174 cm³/mol. The molecule has 0 bridgehead atoms. The van der Waals surface area contributed by atoms with Gasteiger partial charge in [0.05, 0.1) is 19.3 Å². The fourth-order valence-electron chi connectivity index (χ4n) is 5.05. The Hall–Kier alpha value is -5.11. The molecule has 2 heterocycles. The van der Waals surface area contributed by atoms with E-state index in [0.717, 1.165) is 55.6 Å². The number of nitrogens with one attached hydrogen (secondary N) is 1. The van der Waals surface area contributed by atoms with Gasteiger partial charge in [0.15, 0.2) is 0 Å². The number of alkyl carbamates (subject to hydrolysis) is 1. The van der Waals surface area contributed by atoms with E-state index in [0.29, 0.717) is 18.9 Å². The third-order valence-electron chi connectivity index (χ3n) is 7.02. The van der Waals surface area contributed by atoms with Gasteiger partial charge in [-0.3, -0.25) is 9.78 Å². The van der Waals surface area contributed by atoms with Crippen molar-refractivity contribution >= 4 is 23.0 Å². The van der Waals surface area contributed by atoms with E-state index in [-0.39, 0.29) is 19.0 Å². The molecule has 0 aliphatic rings. The van der Waals surface area contributed by atoms with E-state index in [1.54, 1.807) is 19.4 Å². The number of nitrogens with zero attached hydrogens (tertiary/aromatic N) is 1. The zero-order valence-corrected chi connectivity index (χ0v) is 26.3. The first-order valence-corrected chi connectivity index (χ1v) is 15.0. The molecule has 232 valence electrons. The van der Waals surface area contributed by atoms with Gasteiger partial charge in [-0.05, 0) is 105 Å². The van der Waals surface area contributed by atoms with Crippen LogP contribution in [-0.2, 0) is 33.8 Å². The Bertz CT molecular complexity index is 1820. The van der Waals surface area contributed by atoms with Crippen molar-refractivity contribution in [2.45, 2.75) is 59.8 Å². The summed E-state index contributed by atoms with van der Waals surface area (Å²) < 4.78 is 22.9. The number of pyridine rings is 1. The van der Waals surface area contributed by atoms with E-state index in [9.17, 15) is 9.59 Å². The smallest absolute Gasteiger partial charge is 0.407 e. The number of carbonyl (C=O) groups excluding carboxylic acids is 2. The molecule has 45 heavy (non-hydrogen) atoms. The van der Waals surface area contributed by atoms with E-state index in [1.807, 2.05) is 100 Å². The number of aryl methyl sites for hydroxylation is 1. The summed E-state index contributed by atoms with van der Waals surface area (Å²) in [5, 5.41) is 3.76. The normalized spacial score (nSPS) is 11.3. The average Bonchev–Trinajstić information content (AvgIpc) is 3.47. The number of esters is 1. The van der Waals surface area contributed by atoms with Crippen LogP contribution in [0.3, 0.4) is 0 Å². The number of furan rings is 1. The lowest BCUT2D eigenvalue weighted by Crippen LogP contribution is -2.32. The van der Waals surface area contributed by atoms with E-state index in [2.05, 4.69) is 10.3 Å². The molecule has 1 amide bonds. The van der Waals surface area contributed by atoms with Crippen molar-refractivity contribution < 1.29 is 28.2 Å². The molecule has 0 saturated heterocycles. The molecule has 3 aromatic carbocycles. The molecule has 0 fully saturated rings. The Morgan fingerprint density at radius 2 is 1.73 bits per heavy atom. The van der Waals surface area contributed by atoms with Crippen molar-refractivity contribution in [3.05, 3.63) is 108 Å². The van der Waals surface area contributed by atoms with Gasteiger partial charge in [0.1, 0.15) is 23.5 Å². The maximum absolute atomic E-state index is 12.4. The summed E-state index contributed by atoms with van der Waals surface area (Å²) >= 11 is 0. The van der Waals surface area contributed by atoms with Crippen LogP contribution in [-0.4, -0.2) is 29.3 Å². The second-order valence-corrected chi connectivity index (χ2v) is 11.8. The number of ether oxygens (including phenoxy) is 3. The molecule has 2 aromatic heterocycles. The second kappa shape index (κ2) is 13.7. The molecular weight excluding hydrogens is 568 g/mol. The number of rotatable bonds is 10. The summed E-state index contributed by atoms with van der Waals surface area (Å²) in [4.78, 5) is 28.9. The molecule has 5 aromatic rings. The van der Waals surface area contributed by atoms with Gasteiger partial charge in [-0.25, -0.2) is 4.79 Å². The molecule has 0 unspecified atom stereocenters. The standard InChI is InChI=1S/C37H38N2O6/c1-6-42-34(40)21-30-11-10-27(28-12-14-38-24(2)16-28)20-33(30)44-23-26-18-31-13-15-43-35(31)32(19-26)29-9-7-8-25(17-29)22-39-36(41)45-37(3,4)5/h7-20H,6,21-23H2,1-5H3,(H,39,41). The van der Waals surface area contributed by atoms with Crippen LogP contribution in [0.25, 0.3) is 33.2 Å². The van der Waals surface area contributed by atoms with Crippen LogP contribution in [0.4, 0.5) is 4.79 Å². The van der Waals surface area contributed by atoms with E-state index in [4.69, 9.17) is 18.6 Å². The molecular formula is C37H38N2O6. The minimum atomic E-state index is -0.571. The summed E-state index contributed by atoms with van der Waals surface area (Å²) in [6.07, 6.45) is 3.09. The minimum absolute atomic E-state index is 0.106. The highest BCUT2D eigenvalue weighted by Crippen LogP contribution is 2.33. The molecule has 0 aliphatic heterocycles. The number of benzene rings is 3. The summed E-state index contributed by atoms with van der Waals surface area (Å²) in [6, 6.07) is 23.8. The Kier molecular flexibility index (Phi) is 9.52. The fourth-order valence-corrected chi connectivity index (χ4v) is 5.05. The number of amides is 1. The van der Waals surface area contributed by atoms with Crippen molar-refractivity contribution in [3.8, 4) is 28.0 Å². The van der Waals surface area contributed by atoms with E-state index < -0.39 is 11.7 Å². The first-order valence-electron chi connectivity index (χ1n) is 15.0. The largest absolute Gasteiger partial charge is 0.489 e. The Labute approximate surface area is 263 Å². The first-order chi connectivity index (χ1) is 21.6. The first kappa shape index (κ1) is 31.3. The molecule has 0 saturated carbocycles. The number of hydrogen-bond acceptors (Lipinski definition) is 7. The summed E-state index contributed by atoms with van der Waals surface area (Å²) in [7, 11) is 0. The van der Waals surface area contributed by atoms with E-state index in [1.165, 1.54) is 0 Å². The Balaban J connectivity index is 1.41. The van der Waals surface area contributed by atoms with Gasteiger partial charge in [0.2, 0.25) is 0 Å². The zero-order valence-electron chi connectivity index (χ0n) is 26.3. The summed E-state index contributed by atoms with van der Waals surface area (Å²) in [5.74, 6) is 0.303. The third kappa shape index (κ3) is 8.29. The average molecular weight is 607 g/mol. The van der Waals surface area contributed by atoms with Gasteiger partial charge in [-0.15, -0.1) is 0 Å². The molecule has 5 rings (SSSR count). The summed E-state index contributed by atoms with van der Waals surface area (Å²) in [5.41, 5.74) is 7.53. The van der Waals surface area contributed by atoms with Crippen molar-refractivity contribution in [1.29, 1.82) is 0 Å². The zero-order chi connectivity index (χ0) is 32.0. The lowest BCUT2D eigenvalue weighted by Gasteiger charge is -2.19. The van der Waals surface area contributed by atoms with Gasteiger partial charge in [-0.2, -0.15) is 0 Å². The summed E-state index contributed by atoms with van der Waals surface area (Å²) in [6.45, 7) is 10.1. The van der Waals surface area contributed by atoms with Crippen molar-refractivity contribution in [2.75, 3.05) is 6.61 Å². The minimum Gasteiger partial charge on any atom is -0.489 e. The van der Waals surface area contributed by atoms with Crippen LogP contribution in [0, 0.1) is 6.92 Å². The number of carbonyl (C=O) groups is 2. The van der Waals surface area contributed by atoms with Gasteiger partial charge >= 0.3 is 12.1 Å². The number of fused-ring (bicyclic) bond motifs is 1. The van der Waals surface area contributed by atoms with Crippen LogP contribution >= 0.6 is 0 Å². The van der Waals surface area contributed by atoms with Crippen molar-refractivity contribution in [1.82, 2.24) is 10.3 Å². The Morgan fingerprint density at radius 3 is 2.51 bits per heavy atom. The van der Waals surface area contributed by atoms with Crippen molar-refractivity contribution in [2.24, 2.45) is 0 Å². The van der Waals surface area contributed by atoms with Crippen LogP contribution in [0.5, 0.6) is 5.75 Å². The van der Waals surface area contributed by atoms with Crippen LogP contribution in [0.2, 0.25) is 0 Å². The molecule has 1 N–H and O–H groups in total. The highest BCUT2D eigenvalue weighted by atomic mass is 16.6. The van der Waals surface area contributed by atoms with Gasteiger partial charge in [0.25, 0.3) is 0 Å². The van der Waals surface area contributed by atoms with Crippen LogP contribution in [0.1, 0.15) is 50.1 Å². The maximum Gasteiger partial charge on any atom is 0.407 e. The molecule has 0 radical (unpaired) electrons. The molecule has 8 heteroatoms. The molecule has 8 nitrogen and oxygen atoms in total. The highest BCUT2D eigenvalue weighted by Gasteiger charge is 2.17. The van der Waals surface area contributed by atoms with E-state index >= 15 is 0 Å².